The molecule has 0 aromatic carbocycles. The SMILES string of the molecule is CCCCOCl.CCCCOCl.[O]=[V](=[O])[OH]. The molecule has 0 amide bonds. The third-order valence-corrected chi connectivity index (χ3v) is 1.46. The van der Waals surface area contributed by atoms with Gasteiger partial charge in [0.25, 0.3) is 0 Å². The van der Waals surface area contributed by atoms with Crippen molar-refractivity contribution in [2.24, 2.45) is 0 Å². The molecule has 1 N–H and O–H groups in total. The second-order valence-electron chi connectivity index (χ2n) is 2.57. The van der Waals surface area contributed by atoms with E-state index in [1.54, 1.807) is 0 Å². The Hall–Kier alpha value is 0.644. The van der Waals surface area contributed by atoms with Crippen molar-refractivity contribution in [1.29, 1.82) is 0 Å². The summed E-state index contributed by atoms with van der Waals surface area (Å²) in [6, 6.07) is 0. The van der Waals surface area contributed by atoms with Crippen LogP contribution in [0.5, 0.6) is 0 Å². The van der Waals surface area contributed by atoms with Crippen LogP contribution < -0.4 is 0 Å². The molecule has 0 radical (unpaired) electrons. The standard InChI is InChI=1S/2C4H9ClO.H2O.2O.V/c2*1-2-3-4-6-5;;;;/h2*2-4H2,1H3;1H2;;;/q;;;;;+1/p-1. The Morgan fingerprint density at radius 1 is 1.00 bits per heavy atom. The summed E-state index contributed by atoms with van der Waals surface area (Å²) in [7, 11) is 0. The van der Waals surface area contributed by atoms with Crippen LogP contribution in [0, 0.1) is 0 Å². The van der Waals surface area contributed by atoms with Crippen LogP contribution in [0.15, 0.2) is 0 Å². The van der Waals surface area contributed by atoms with Crippen molar-refractivity contribution in [3.8, 4) is 0 Å². The normalized spacial score (nSPS) is 8.31. The van der Waals surface area contributed by atoms with Crippen LogP contribution in [0.2, 0.25) is 0 Å². The summed E-state index contributed by atoms with van der Waals surface area (Å²) >= 11 is 6.07. The van der Waals surface area contributed by atoms with Gasteiger partial charge in [-0.2, -0.15) is 0 Å². The Morgan fingerprint density at radius 3 is 1.31 bits per heavy atom. The first kappa shape index (κ1) is 21.9. The van der Waals surface area contributed by atoms with Crippen LogP contribution in [-0.2, 0) is 31.3 Å². The van der Waals surface area contributed by atoms with Gasteiger partial charge in [0.05, 0.1) is 36.9 Å². The molecule has 0 aliphatic carbocycles. The fraction of sp³-hybridized carbons (Fsp3) is 1.00. The van der Waals surface area contributed by atoms with Crippen LogP contribution in [0.4, 0.5) is 0 Å². The minimum atomic E-state index is -3.69. The van der Waals surface area contributed by atoms with Crippen molar-refractivity contribution < 1.29 is 35.4 Å². The zero-order chi connectivity index (χ0) is 13.2. The van der Waals surface area contributed by atoms with Gasteiger partial charge < -0.3 is 0 Å². The van der Waals surface area contributed by atoms with E-state index in [1.807, 2.05) is 0 Å². The molecule has 5 nitrogen and oxygen atoms in total. The molecule has 0 aliphatic heterocycles. The number of hydrogen-bond donors (Lipinski definition) is 1. The first-order valence-electron chi connectivity index (χ1n) is 4.87. The maximum atomic E-state index is 8.67. The first-order chi connectivity index (χ1) is 7.56. The van der Waals surface area contributed by atoms with Crippen LogP contribution in [0.1, 0.15) is 39.5 Å². The molecule has 0 atom stereocenters. The van der Waals surface area contributed by atoms with E-state index in [2.05, 4.69) is 22.4 Å². The summed E-state index contributed by atoms with van der Waals surface area (Å²) in [5.74, 6) is 0. The van der Waals surface area contributed by atoms with Gasteiger partial charge in [-0.3, -0.25) is 8.58 Å². The molecule has 0 spiro atoms. The Balaban J connectivity index is -0.000000162. The van der Waals surface area contributed by atoms with E-state index < -0.39 is 15.4 Å². The second kappa shape index (κ2) is 24.7. The molecule has 100 valence electrons. The molecule has 0 rings (SSSR count). The summed E-state index contributed by atoms with van der Waals surface area (Å²) in [5, 5.41) is 0. The third-order valence-electron chi connectivity index (χ3n) is 1.15. The average molecular weight is 317 g/mol. The molecule has 0 fully saturated rings. The molecule has 0 saturated carbocycles. The molecule has 0 heterocycles. The van der Waals surface area contributed by atoms with Gasteiger partial charge in [0, 0.05) is 0 Å². The summed E-state index contributed by atoms with van der Waals surface area (Å²) in [5.41, 5.74) is 0. The summed E-state index contributed by atoms with van der Waals surface area (Å²) in [6.07, 6.45) is 4.41. The van der Waals surface area contributed by atoms with Crippen molar-refractivity contribution in [3.63, 3.8) is 0 Å². The van der Waals surface area contributed by atoms with Gasteiger partial charge >= 0.3 is 26.8 Å². The zero-order valence-electron chi connectivity index (χ0n) is 9.53. The van der Waals surface area contributed by atoms with E-state index in [0.29, 0.717) is 13.2 Å². The molecule has 8 heteroatoms. The fourth-order valence-electron chi connectivity index (χ4n) is 0.398. The van der Waals surface area contributed by atoms with E-state index in [9.17, 15) is 0 Å². The number of halogens is 2. The summed E-state index contributed by atoms with van der Waals surface area (Å²) < 4.78 is 32.9. The number of unbranched alkanes of at least 4 members (excludes halogenated alkanes) is 2. The van der Waals surface area contributed by atoms with Gasteiger partial charge in [-0.15, -0.1) is 0 Å². The Morgan fingerprint density at radius 2 is 1.25 bits per heavy atom. The number of rotatable bonds is 6. The molecule has 0 bridgehead atoms. The summed E-state index contributed by atoms with van der Waals surface area (Å²) in [6.45, 7) is 5.54. The van der Waals surface area contributed by atoms with E-state index in [0.717, 1.165) is 25.7 Å². The second-order valence-corrected chi connectivity index (χ2v) is 3.75. The quantitative estimate of drug-likeness (QED) is 0.762. The number of hydrogen-bond acceptors (Lipinski definition) is 4. The Kier molecular flexibility index (Phi) is 33.8. The first-order valence-corrected chi connectivity index (χ1v) is 7.25. The van der Waals surface area contributed by atoms with E-state index in [1.165, 1.54) is 0 Å². The van der Waals surface area contributed by atoms with Gasteiger partial charge in [-0.1, -0.05) is 26.7 Å². The van der Waals surface area contributed by atoms with Crippen LogP contribution in [0.3, 0.4) is 0 Å². The molecule has 16 heavy (non-hydrogen) atoms. The van der Waals surface area contributed by atoms with Crippen LogP contribution >= 0.6 is 23.7 Å². The molecular formula is C8H19Cl2O5V. The van der Waals surface area contributed by atoms with Crippen LogP contribution in [0.25, 0.3) is 0 Å². The third kappa shape index (κ3) is 61.8. The Labute approximate surface area is 112 Å². The monoisotopic (exact) mass is 316 g/mol. The van der Waals surface area contributed by atoms with Crippen molar-refractivity contribution in [3.05, 3.63) is 0 Å². The maximum absolute atomic E-state index is 8.67. The van der Waals surface area contributed by atoms with Crippen LogP contribution in [-0.4, -0.2) is 17.2 Å². The van der Waals surface area contributed by atoms with Gasteiger partial charge in [0.2, 0.25) is 0 Å². The van der Waals surface area contributed by atoms with Gasteiger partial charge in [-0.05, 0) is 12.8 Å². The molecule has 0 aliphatic rings. The van der Waals surface area contributed by atoms with E-state index >= 15 is 0 Å². The van der Waals surface area contributed by atoms with Crippen molar-refractivity contribution >= 4 is 23.7 Å². The average Bonchev–Trinajstić information content (AvgIpc) is 2.23. The summed E-state index contributed by atoms with van der Waals surface area (Å²) in [4.78, 5) is 0. The molecule has 0 unspecified atom stereocenters. The topological polar surface area (TPSA) is 72.8 Å². The predicted octanol–water partition coefficient (Wildman–Crippen LogP) is 3.12. The zero-order valence-corrected chi connectivity index (χ0v) is 12.4. The molecular weight excluding hydrogens is 298 g/mol. The molecule has 0 saturated heterocycles. The van der Waals surface area contributed by atoms with Crippen molar-refractivity contribution in [2.75, 3.05) is 13.2 Å². The predicted molar refractivity (Wildman–Crippen MR) is 57.0 cm³/mol. The van der Waals surface area contributed by atoms with E-state index in [-0.39, 0.29) is 0 Å². The molecule has 0 aromatic heterocycles. The fourth-order valence-corrected chi connectivity index (χ4v) is 0.616. The van der Waals surface area contributed by atoms with Crippen molar-refractivity contribution in [2.45, 2.75) is 39.5 Å². The van der Waals surface area contributed by atoms with Gasteiger partial charge in [0.15, 0.2) is 0 Å². The van der Waals surface area contributed by atoms with Gasteiger partial charge in [-0.25, -0.2) is 0 Å². The van der Waals surface area contributed by atoms with Crippen molar-refractivity contribution in [1.82, 2.24) is 0 Å². The Bertz CT molecular complexity index is 143. The molecule has 0 aromatic rings. The minimum absolute atomic E-state index is 0.679. The van der Waals surface area contributed by atoms with Gasteiger partial charge in [0.1, 0.15) is 0 Å². The van der Waals surface area contributed by atoms with E-state index in [4.69, 9.17) is 35.1 Å².